The molecule has 0 fully saturated rings. The lowest BCUT2D eigenvalue weighted by atomic mass is 10.2. The molecule has 2 aromatic heterocycles. The molecular formula is C18H18FN3O4S. The fourth-order valence-electron chi connectivity index (χ4n) is 2.07. The molecule has 27 heavy (non-hydrogen) atoms. The highest BCUT2D eigenvalue weighted by molar-refractivity contribution is 7.09. The average Bonchev–Trinajstić information content (AvgIpc) is 3.29. The number of esters is 1. The maximum absolute atomic E-state index is 12.9. The molecule has 0 bridgehead atoms. The fraction of sp³-hybridized carbons (Fsp3) is 0.333. The molecule has 0 unspecified atom stereocenters. The van der Waals surface area contributed by atoms with E-state index >= 15 is 0 Å². The number of carbonyl (C=O) groups excluding carboxylic acids is 1. The van der Waals surface area contributed by atoms with Crippen molar-refractivity contribution in [1.29, 1.82) is 0 Å². The Kier molecular flexibility index (Phi) is 6.12. The van der Waals surface area contributed by atoms with Crippen molar-refractivity contribution in [3.05, 3.63) is 57.9 Å². The van der Waals surface area contributed by atoms with Crippen molar-refractivity contribution in [1.82, 2.24) is 15.1 Å². The maximum atomic E-state index is 12.9. The van der Waals surface area contributed by atoms with Gasteiger partial charge >= 0.3 is 5.97 Å². The van der Waals surface area contributed by atoms with Gasteiger partial charge in [-0.15, -0.1) is 11.3 Å². The molecule has 0 aliphatic heterocycles. The molecular weight excluding hydrogens is 373 g/mol. The summed E-state index contributed by atoms with van der Waals surface area (Å²) in [5.74, 6) is 0.774. The first kappa shape index (κ1) is 19.0. The van der Waals surface area contributed by atoms with Gasteiger partial charge in [0.1, 0.15) is 23.2 Å². The largest absolute Gasteiger partial charge is 0.486 e. The Morgan fingerprint density at radius 1 is 1.22 bits per heavy atom. The lowest BCUT2D eigenvalue weighted by Gasteiger charge is -2.03. The van der Waals surface area contributed by atoms with E-state index in [1.807, 2.05) is 13.8 Å². The van der Waals surface area contributed by atoms with Crippen LogP contribution in [-0.4, -0.2) is 21.1 Å². The predicted octanol–water partition coefficient (Wildman–Crippen LogP) is 3.65. The van der Waals surface area contributed by atoms with Gasteiger partial charge in [-0.2, -0.15) is 4.98 Å². The van der Waals surface area contributed by atoms with E-state index in [1.165, 1.54) is 23.5 Å². The Labute approximate surface area is 159 Å². The summed E-state index contributed by atoms with van der Waals surface area (Å²) in [6, 6.07) is 5.74. The number of nitrogens with zero attached hydrogens (tertiary/aromatic N) is 3. The minimum Gasteiger partial charge on any atom is -0.486 e. The molecule has 3 aromatic rings. The highest BCUT2D eigenvalue weighted by Gasteiger charge is 2.13. The zero-order valence-corrected chi connectivity index (χ0v) is 15.7. The molecule has 0 amide bonds. The molecule has 0 atom stereocenters. The van der Waals surface area contributed by atoms with Crippen molar-refractivity contribution in [2.45, 2.75) is 39.4 Å². The molecule has 2 heterocycles. The van der Waals surface area contributed by atoms with Gasteiger partial charge in [0.15, 0.2) is 12.4 Å². The van der Waals surface area contributed by atoms with Gasteiger partial charge in [0.2, 0.25) is 0 Å². The van der Waals surface area contributed by atoms with Gasteiger partial charge in [0, 0.05) is 11.3 Å². The molecule has 3 rings (SSSR count). The van der Waals surface area contributed by atoms with Gasteiger partial charge in [-0.05, 0) is 24.3 Å². The minimum absolute atomic E-state index is 0.0399. The zero-order valence-electron chi connectivity index (χ0n) is 14.8. The summed E-state index contributed by atoms with van der Waals surface area (Å²) in [4.78, 5) is 20.4. The van der Waals surface area contributed by atoms with Gasteiger partial charge in [-0.1, -0.05) is 19.0 Å². The van der Waals surface area contributed by atoms with E-state index in [9.17, 15) is 9.18 Å². The summed E-state index contributed by atoms with van der Waals surface area (Å²) in [5.41, 5.74) is 0.594. The summed E-state index contributed by atoms with van der Waals surface area (Å²) in [6.07, 6.45) is 0.0399. The first-order valence-electron chi connectivity index (χ1n) is 8.29. The third-order valence-corrected chi connectivity index (χ3v) is 4.33. The second-order valence-corrected chi connectivity index (χ2v) is 6.96. The molecule has 0 saturated heterocycles. The predicted molar refractivity (Wildman–Crippen MR) is 94.7 cm³/mol. The number of benzene rings is 1. The van der Waals surface area contributed by atoms with Crippen LogP contribution in [0.25, 0.3) is 0 Å². The summed E-state index contributed by atoms with van der Waals surface area (Å²) >= 11 is 1.38. The van der Waals surface area contributed by atoms with Crippen LogP contribution in [0.2, 0.25) is 0 Å². The second kappa shape index (κ2) is 8.72. The number of hydrogen-bond donors (Lipinski definition) is 0. The maximum Gasteiger partial charge on any atom is 0.312 e. The monoisotopic (exact) mass is 391 g/mol. The quantitative estimate of drug-likeness (QED) is 0.542. The average molecular weight is 391 g/mol. The van der Waals surface area contributed by atoms with E-state index in [2.05, 4.69) is 15.1 Å². The minimum atomic E-state index is -0.435. The van der Waals surface area contributed by atoms with Crippen LogP contribution >= 0.6 is 11.3 Å². The first-order valence-corrected chi connectivity index (χ1v) is 9.17. The third-order valence-electron chi connectivity index (χ3n) is 3.46. The number of rotatable bonds is 8. The molecule has 0 spiro atoms. The number of aromatic nitrogens is 3. The molecule has 142 valence electrons. The van der Waals surface area contributed by atoms with Gasteiger partial charge in [0.05, 0.1) is 12.1 Å². The molecule has 9 heteroatoms. The van der Waals surface area contributed by atoms with Crippen molar-refractivity contribution in [3.63, 3.8) is 0 Å². The van der Waals surface area contributed by atoms with E-state index < -0.39 is 5.97 Å². The Bertz CT molecular complexity index is 892. The summed E-state index contributed by atoms with van der Waals surface area (Å²) in [6.45, 7) is 4.06. The van der Waals surface area contributed by atoms with Crippen LogP contribution in [0.3, 0.4) is 0 Å². The van der Waals surface area contributed by atoms with Crippen molar-refractivity contribution < 1.29 is 23.2 Å². The van der Waals surface area contributed by atoms with Crippen LogP contribution in [0.1, 0.15) is 42.2 Å². The third kappa shape index (κ3) is 5.58. The highest BCUT2D eigenvalue weighted by atomic mass is 32.1. The first-order chi connectivity index (χ1) is 13.0. The summed E-state index contributed by atoms with van der Waals surface area (Å²) in [5, 5.41) is 6.29. The number of thiazole rings is 1. The van der Waals surface area contributed by atoms with Gasteiger partial charge in [-0.3, -0.25) is 4.79 Å². The normalized spacial score (nSPS) is 11.0. The molecule has 0 N–H and O–H groups in total. The molecule has 0 aliphatic carbocycles. The van der Waals surface area contributed by atoms with E-state index in [-0.39, 0.29) is 37.3 Å². The van der Waals surface area contributed by atoms with Gasteiger partial charge in [0.25, 0.3) is 5.89 Å². The van der Waals surface area contributed by atoms with Crippen LogP contribution in [0.15, 0.2) is 34.2 Å². The Morgan fingerprint density at radius 2 is 2.00 bits per heavy atom. The standard InChI is InChI=1S/C18H18FN3O4S/c1-11(2)18-21-15(26-22-18)8-25-17(23)7-13-10-27-16(20-13)9-24-14-5-3-12(19)4-6-14/h3-6,10-11H,7-9H2,1-2H3. The van der Waals surface area contributed by atoms with E-state index in [1.54, 1.807) is 17.5 Å². The fourth-order valence-corrected chi connectivity index (χ4v) is 2.78. The van der Waals surface area contributed by atoms with E-state index in [0.29, 0.717) is 22.3 Å². The van der Waals surface area contributed by atoms with Gasteiger partial charge in [-0.25, -0.2) is 9.37 Å². The van der Waals surface area contributed by atoms with Crippen LogP contribution in [-0.2, 0) is 29.2 Å². The number of ether oxygens (including phenoxy) is 2. The molecule has 1 aromatic carbocycles. The molecule has 0 aliphatic rings. The van der Waals surface area contributed by atoms with Crippen LogP contribution in [0.4, 0.5) is 4.39 Å². The zero-order chi connectivity index (χ0) is 19.2. The molecule has 0 saturated carbocycles. The van der Waals surface area contributed by atoms with Crippen molar-refractivity contribution in [2.75, 3.05) is 0 Å². The van der Waals surface area contributed by atoms with Crippen LogP contribution < -0.4 is 4.74 Å². The van der Waals surface area contributed by atoms with Crippen LogP contribution in [0.5, 0.6) is 5.75 Å². The number of halogens is 1. The Balaban J connectivity index is 1.45. The summed E-state index contributed by atoms with van der Waals surface area (Å²) < 4.78 is 28.5. The number of carbonyl (C=O) groups is 1. The lowest BCUT2D eigenvalue weighted by Crippen LogP contribution is -2.08. The Morgan fingerprint density at radius 3 is 2.70 bits per heavy atom. The van der Waals surface area contributed by atoms with Crippen molar-refractivity contribution in [2.24, 2.45) is 0 Å². The Hall–Kier alpha value is -2.81. The topological polar surface area (TPSA) is 87.3 Å². The van der Waals surface area contributed by atoms with Gasteiger partial charge < -0.3 is 14.0 Å². The summed E-state index contributed by atoms with van der Waals surface area (Å²) in [7, 11) is 0. The lowest BCUT2D eigenvalue weighted by molar-refractivity contribution is -0.144. The van der Waals surface area contributed by atoms with Crippen molar-refractivity contribution in [3.8, 4) is 5.75 Å². The molecule has 0 radical (unpaired) electrons. The van der Waals surface area contributed by atoms with E-state index in [4.69, 9.17) is 14.0 Å². The highest BCUT2D eigenvalue weighted by Crippen LogP contribution is 2.16. The van der Waals surface area contributed by atoms with Crippen molar-refractivity contribution >= 4 is 17.3 Å². The SMILES string of the molecule is CC(C)c1noc(COC(=O)Cc2csc(COc3ccc(F)cc3)n2)n1. The smallest absolute Gasteiger partial charge is 0.312 e. The number of hydrogen-bond acceptors (Lipinski definition) is 8. The van der Waals surface area contributed by atoms with E-state index in [0.717, 1.165) is 0 Å². The second-order valence-electron chi connectivity index (χ2n) is 6.01. The molecule has 7 nitrogen and oxygen atoms in total. The van der Waals surface area contributed by atoms with Crippen LogP contribution in [0, 0.1) is 5.82 Å².